The molecule has 0 saturated carbocycles. The summed E-state index contributed by atoms with van der Waals surface area (Å²) in [6, 6.07) is 0. The van der Waals surface area contributed by atoms with Crippen LogP contribution >= 0.6 is 0 Å². The zero-order valence-electron chi connectivity index (χ0n) is 51.2. The van der Waals surface area contributed by atoms with Crippen molar-refractivity contribution in [2.24, 2.45) is 0 Å². The molecule has 0 amide bonds. The van der Waals surface area contributed by atoms with Crippen molar-refractivity contribution in [2.45, 2.75) is 348 Å². The first-order chi connectivity index (χ1) is 38.0. The maximum absolute atomic E-state index is 12.9. The van der Waals surface area contributed by atoms with Gasteiger partial charge in [0, 0.05) is 19.3 Å². The summed E-state index contributed by atoms with van der Waals surface area (Å²) >= 11 is 0. The highest BCUT2D eigenvalue weighted by Gasteiger charge is 2.19. The number of allylic oxidation sites excluding steroid dienone is 12. The zero-order valence-corrected chi connectivity index (χ0v) is 51.2. The molecule has 0 bridgehead atoms. The van der Waals surface area contributed by atoms with Gasteiger partial charge in [-0.3, -0.25) is 14.4 Å². The Bertz CT molecular complexity index is 1420. The van der Waals surface area contributed by atoms with Gasteiger partial charge in [0.15, 0.2) is 6.10 Å². The quantitative estimate of drug-likeness (QED) is 0.0261. The molecule has 0 aliphatic rings. The van der Waals surface area contributed by atoms with Gasteiger partial charge in [-0.05, 0) is 89.9 Å². The summed E-state index contributed by atoms with van der Waals surface area (Å²) in [7, 11) is 0. The fourth-order valence-corrected chi connectivity index (χ4v) is 9.70. The zero-order chi connectivity index (χ0) is 55.7. The van der Waals surface area contributed by atoms with Gasteiger partial charge in [-0.1, -0.05) is 306 Å². The summed E-state index contributed by atoms with van der Waals surface area (Å²) in [6.45, 7) is 6.56. The van der Waals surface area contributed by atoms with E-state index in [1.165, 1.54) is 212 Å². The maximum atomic E-state index is 12.9. The Balaban J connectivity index is 4.27. The van der Waals surface area contributed by atoms with E-state index in [0.29, 0.717) is 19.3 Å². The maximum Gasteiger partial charge on any atom is 0.306 e. The fourth-order valence-electron chi connectivity index (χ4n) is 9.70. The summed E-state index contributed by atoms with van der Waals surface area (Å²) in [6.07, 6.45) is 84.8. The lowest BCUT2D eigenvalue weighted by Crippen LogP contribution is -2.30. The summed E-state index contributed by atoms with van der Waals surface area (Å²) in [5.41, 5.74) is 0. The van der Waals surface area contributed by atoms with Crippen LogP contribution in [-0.2, 0) is 28.6 Å². The summed E-state index contributed by atoms with van der Waals surface area (Å²) in [5, 5.41) is 0. The number of hydrogen-bond donors (Lipinski definition) is 0. The number of unbranched alkanes of at least 4 members (excludes halogenated alkanes) is 38. The number of esters is 3. The van der Waals surface area contributed by atoms with Crippen LogP contribution in [-0.4, -0.2) is 37.2 Å². The minimum atomic E-state index is -0.776. The van der Waals surface area contributed by atoms with Gasteiger partial charge in [-0.15, -0.1) is 0 Å². The van der Waals surface area contributed by atoms with Crippen LogP contribution in [0.15, 0.2) is 72.9 Å². The summed E-state index contributed by atoms with van der Waals surface area (Å²) < 4.78 is 17.0. The minimum absolute atomic E-state index is 0.0725. The molecule has 0 N–H and O–H groups in total. The lowest BCUT2D eigenvalue weighted by atomic mass is 10.0. The normalized spacial score (nSPS) is 12.5. The third-order valence-corrected chi connectivity index (χ3v) is 14.7. The van der Waals surface area contributed by atoms with Gasteiger partial charge >= 0.3 is 17.9 Å². The Morgan fingerprint density at radius 1 is 0.273 bits per heavy atom. The van der Waals surface area contributed by atoms with Gasteiger partial charge < -0.3 is 14.2 Å². The predicted octanol–water partition coefficient (Wildman–Crippen LogP) is 22.9. The predicted molar refractivity (Wildman–Crippen MR) is 335 cm³/mol. The SMILES string of the molecule is CC/C=C\C/C=C\C/C=C\C/C=C\C/C=C\CCCCCCCCCCCCCC(=O)OCC(COC(=O)CCCCCCCCCCCCCCC)OC(=O)CCCCCCCCCCC/C=C\CCCCCCCC. The molecule has 0 fully saturated rings. The molecule has 0 heterocycles. The van der Waals surface area contributed by atoms with Crippen molar-refractivity contribution in [3.8, 4) is 0 Å². The number of carbonyl (C=O) groups excluding carboxylic acids is 3. The van der Waals surface area contributed by atoms with Gasteiger partial charge in [-0.2, -0.15) is 0 Å². The van der Waals surface area contributed by atoms with Crippen molar-refractivity contribution in [1.82, 2.24) is 0 Å². The molecule has 0 aromatic heterocycles. The van der Waals surface area contributed by atoms with Crippen molar-refractivity contribution >= 4 is 17.9 Å². The monoisotopic (exact) mass is 1070 g/mol. The number of ether oxygens (including phenoxy) is 3. The van der Waals surface area contributed by atoms with Crippen molar-refractivity contribution < 1.29 is 28.6 Å². The third-order valence-electron chi connectivity index (χ3n) is 14.7. The Kier molecular flexibility index (Phi) is 62.7. The summed E-state index contributed by atoms with van der Waals surface area (Å²) in [4.78, 5) is 38.4. The van der Waals surface area contributed by atoms with Crippen LogP contribution in [0.25, 0.3) is 0 Å². The van der Waals surface area contributed by atoms with Gasteiger partial charge in [-0.25, -0.2) is 0 Å². The molecule has 0 aromatic carbocycles. The molecular weight excluding hydrogens is 949 g/mol. The Hall–Kier alpha value is -3.15. The second-order valence-corrected chi connectivity index (χ2v) is 22.4. The molecule has 0 saturated heterocycles. The summed E-state index contributed by atoms with van der Waals surface area (Å²) in [5.74, 6) is -0.859. The van der Waals surface area contributed by atoms with Crippen molar-refractivity contribution in [3.63, 3.8) is 0 Å². The largest absolute Gasteiger partial charge is 0.462 e. The van der Waals surface area contributed by atoms with E-state index in [1.807, 2.05) is 0 Å². The average molecular weight is 1080 g/mol. The highest BCUT2D eigenvalue weighted by atomic mass is 16.6. The highest BCUT2D eigenvalue weighted by Crippen LogP contribution is 2.17. The molecule has 0 radical (unpaired) electrons. The molecule has 1 atom stereocenters. The van der Waals surface area contributed by atoms with Crippen molar-refractivity contribution in [3.05, 3.63) is 72.9 Å². The smallest absolute Gasteiger partial charge is 0.306 e. The first-order valence-corrected chi connectivity index (χ1v) is 33.4. The molecule has 6 heteroatoms. The van der Waals surface area contributed by atoms with Crippen LogP contribution < -0.4 is 0 Å². The molecule has 0 aliphatic carbocycles. The standard InChI is InChI=1S/C71H126O6/c1-4-7-10-13-16-19-22-25-27-29-31-32-33-34-35-36-37-38-40-41-43-46-49-52-55-58-61-64-70(73)76-67-68(66-75-69(72)63-60-57-54-51-48-45-24-21-18-15-12-9-6-3)77-71(74)65-62-59-56-53-50-47-44-42-39-30-28-26-23-20-17-14-11-8-5-2/h7,10,16,19,25-28,31-32,34-35,68H,4-6,8-9,11-15,17-18,20-24,29-30,33,36-67H2,1-3H3/b10-7-,19-16-,27-25-,28-26-,32-31-,35-34-. The molecule has 0 spiro atoms. The van der Waals surface area contributed by atoms with Crippen LogP contribution in [0.4, 0.5) is 0 Å². The fraction of sp³-hybridized carbons (Fsp3) is 0.789. The molecule has 77 heavy (non-hydrogen) atoms. The average Bonchev–Trinajstić information content (AvgIpc) is 3.43. The Labute approximate surface area is 478 Å². The van der Waals surface area contributed by atoms with Crippen LogP contribution in [0.3, 0.4) is 0 Å². The van der Waals surface area contributed by atoms with Crippen molar-refractivity contribution in [1.29, 1.82) is 0 Å². The molecule has 6 nitrogen and oxygen atoms in total. The van der Waals surface area contributed by atoms with Gasteiger partial charge in [0.1, 0.15) is 13.2 Å². The Morgan fingerprint density at radius 2 is 0.506 bits per heavy atom. The van der Waals surface area contributed by atoms with Crippen LogP contribution in [0.5, 0.6) is 0 Å². The van der Waals surface area contributed by atoms with E-state index in [-0.39, 0.29) is 31.1 Å². The van der Waals surface area contributed by atoms with E-state index < -0.39 is 6.10 Å². The number of carbonyl (C=O) groups is 3. The van der Waals surface area contributed by atoms with E-state index in [9.17, 15) is 14.4 Å². The minimum Gasteiger partial charge on any atom is -0.462 e. The number of hydrogen-bond acceptors (Lipinski definition) is 6. The molecule has 1 unspecified atom stereocenters. The first-order valence-electron chi connectivity index (χ1n) is 33.4. The molecule has 0 rings (SSSR count). The van der Waals surface area contributed by atoms with Gasteiger partial charge in [0.2, 0.25) is 0 Å². The lowest BCUT2D eigenvalue weighted by Gasteiger charge is -2.18. The van der Waals surface area contributed by atoms with Gasteiger partial charge in [0.25, 0.3) is 0 Å². The van der Waals surface area contributed by atoms with E-state index in [0.717, 1.165) is 89.9 Å². The van der Waals surface area contributed by atoms with Gasteiger partial charge in [0.05, 0.1) is 0 Å². The van der Waals surface area contributed by atoms with Crippen molar-refractivity contribution in [2.75, 3.05) is 13.2 Å². The highest BCUT2D eigenvalue weighted by molar-refractivity contribution is 5.71. The lowest BCUT2D eigenvalue weighted by molar-refractivity contribution is -0.167. The van der Waals surface area contributed by atoms with Crippen LogP contribution in [0.2, 0.25) is 0 Å². The second kappa shape index (κ2) is 65.4. The molecule has 0 aromatic rings. The molecular formula is C71H126O6. The van der Waals surface area contributed by atoms with E-state index in [4.69, 9.17) is 14.2 Å². The number of rotatable bonds is 61. The van der Waals surface area contributed by atoms with Crippen LogP contribution in [0, 0.1) is 0 Å². The topological polar surface area (TPSA) is 78.9 Å². The van der Waals surface area contributed by atoms with Crippen LogP contribution in [0.1, 0.15) is 342 Å². The molecule has 0 aliphatic heterocycles. The van der Waals surface area contributed by atoms with E-state index >= 15 is 0 Å². The van der Waals surface area contributed by atoms with E-state index in [2.05, 4.69) is 93.7 Å². The first kappa shape index (κ1) is 73.8. The third kappa shape index (κ3) is 63.6. The van der Waals surface area contributed by atoms with E-state index in [1.54, 1.807) is 0 Å². The second-order valence-electron chi connectivity index (χ2n) is 22.4. The Morgan fingerprint density at radius 3 is 0.805 bits per heavy atom. The molecule has 446 valence electrons.